The van der Waals surface area contributed by atoms with E-state index >= 15 is 0 Å². The number of hydrogen-bond donors (Lipinski definition) is 3. The van der Waals surface area contributed by atoms with Crippen molar-refractivity contribution in [1.29, 1.82) is 0 Å². The zero-order valence-corrected chi connectivity index (χ0v) is 12.0. The number of para-hydroxylation sites is 1. The lowest BCUT2D eigenvalue weighted by atomic mass is 9.85. The molecule has 2 atom stereocenters. The van der Waals surface area contributed by atoms with E-state index in [-0.39, 0.29) is 0 Å². The largest absolute Gasteiger partial charge is 0.327 e. The van der Waals surface area contributed by atoms with Crippen LogP contribution in [0.1, 0.15) is 36.6 Å². The van der Waals surface area contributed by atoms with Crippen LogP contribution in [0.4, 0.5) is 0 Å². The van der Waals surface area contributed by atoms with Crippen LogP contribution in [0.3, 0.4) is 0 Å². The maximum absolute atomic E-state index is 6.20. The predicted molar refractivity (Wildman–Crippen MR) is 82.0 cm³/mol. The molecule has 1 fully saturated rings. The third kappa shape index (κ3) is 2.85. The second kappa shape index (κ2) is 6.52. The summed E-state index contributed by atoms with van der Waals surface area (Å²) < 4.78 is 1.29. The molecule has 0 bridgehead atoms. The molecule has 2 unspecified atom stereocenters. The van der Waals surface area contributed by atoms with E-state index in [0.29, 0.717) is 12.0 Å². The maximum Gasteiger partial charge on any atom is 0.0984 e. The van der Waals surface area contributed by atoms with E-state index in [9.17, 15) is 0 Å². The van der Waals surface area contributed by atoms with Crippen molar-refractivity contribution in [3.8, 4) is 0 Å². The monoisotopic (exact) mass is 281 g/mol. The Bertz CT molecular complexity index is 465. The van der Waals surface area contributed by atoms with Gasteiger partial charge in [0.2, 0.25) is 0 Å². The van der Waals surface area contributed by atoms with Crippen molar-refractivity contribution < 1.29 is 0 Å². The number of rotatable bonds is 1. The Morgan fingerprint density at radius 2 is 1.89 bits per heavy atom. The van der Waals surface area contributed by atoms with Gasteiger partial charge in [-0.2, -0.15) is 0 Å². The summed E-state index contributed by atoms with van der Waals surface area (Å²) in [6.45, 7) is 0. The highest BCUT2D eigenvalue weighted by Crippen LogP contribution is 2.36. The van der Waals surface area contributed by atoms with E-state index in [1.54, 1.807) is 0 Å². The van der Waals surface area contributed by atoms with Crippen molar-refractivity contribution in [3.63, 3.8) is 0 Å². The zero-order valence-electron chi connectivity index (χ0n) is 10.2. The molecule has 0 radical (unpaired) electrons. The van der Waals surface area contributed by atoms with Gasteiger partial charge in [0.1, 0.15) is 0 Å². The highest BCUT2D eigenvalue weighted by molar-refractivity contribution is 7.77. The Kier molecular flexibility index (Phi) is 5.00. The Balaban J connectivity index is 0.000000574. The zero-order chi connectivity index (χ0) is 13.0. The molecule has 98 valence electrons. The quantitative estimate of drug-likeness (QED) is 0.704. The fourth-order valence-corrected chi connectivity index (χ4v) is 3.69. The topological polar surface area (TPSA) is 64.9 Å². The number of thiol groups is 1. The average Bonchev–Trinajstić information content (AvgIpc) is 2.85. The summed E-state index contributed by atoms with van der Waals surface area (Å²) in [5.41, 5.74) is 7.32. The van der Waals surface area contributed by atoms with Gasteiger partial charge in [-0.3, -0.25) is 5.14 Å². The molecule has 0 saturated heterocycles. The molecule has 0 amide bonds. The van der Waals surface area contributed by atoms with Gasteiger partial charge >= 0.3 is 0 Å². The van der Waals surface area contributed by atoms with Gasteiger partial charge in [-0.05, 0) is 25.0 Å². The molecule has 3 nitrogen and oxygen atoms in total. The SMILES string of the molecule is NC1CCCCC1c1nc2ccccc2s1.NS. The van der Waals surface area contributed by atoms with Crippen LogP contribution >= 0.6 is 24.2 Å². The second-order valence-corrected chi connectivity index (χ2v) is 5.64. The third-order valence-electron chi connectivity index (χ3n) is 3.45. The molecule has 18 heavy (non-hydrogen) atoms. The van der Waals surface area contributed by atoms with Crippen molar-refractivity contribution in [3.05, 3.63) is 29.3 Å². The molecule has 1 heterocycles. The Labute approximate surface area is 117 Å². The highest BCUT2D eigenvalue weighted by atomic mass is 32.1. The molecule has 4 N–H and O–H groups in total. The number of nitrogens with two attached hydrogens (primary N) is 2. The minimum absolute atomic E-state index is 0.314. The van der Waals surface area contributed by atoms with Gasteiger partial charge in [0.15, 0.2) is 0 Å². The van der Waals surface area contributed by atoms with Crippen LogP contribution in [0.5, 0.6) is 0 Å². The first kappa shape index (κ1) is 13.8. The summed E-state index contributed by atoms with van der Waals surface area (Å²) in [7, 11) is 0. The molecule has 1 aliphatic rings. The molecule has 1 aliphatic carbocycles. The second-order valence-electron chi connectivity index (χ2n) is 4.57. The van der Waals surface area contributed by atoms with Crippen LogP contribution in [-0.4, -0.2) is 11.0 Å². The highest BCUT2D eigenvalue weighted by Gasteiger charge is 2.25. The van der Waals surface area contributed by atoms with Crippen molar-refractivity contribution in [2.24, 2.45) is 10.9 Å². The van der Waals surface area contributed by atoms with Crippen LogP contribution in [0, 0.1) is 0 Å². The lowest BCUT2D eigenvalue weighted by Crippen LogP contribution is -2.31. The number of hydrogen-bond acceptors (Lipinski definition) is 5. The maximum atomic E-state index is 6.20. The van der Waals surface area contributed by atoms with Gasteiger partial charge < -0.3 is 5.73 Å². The van der Waals surface area contributed by atoms with E-state index in [0.717, 1.165) is 11.9 Å². The molecular weight excluding hydrogens is 262 g/mol. The summed E-state index contributed by atoms with van der Waals surface area (Å²) in [5.74, 6) is 0.492. The lowest BCUT2D eigenvalue weighted by Gasteiger charge is -2.26. The third-order valence-corrected chi connectivity index (χ3v) is 4.62. The van der Waals surface area contributed by atoms with Gasteiger partial charge in [-0.25, -0.2) is 4.98 Å². The summed E-state index contributed by atoms with van der Waals surface area (Å²) in [5, 5.41) is 5.44. The van der Waals surface area contributed by atoms with Gasteiger partial charge in [0.25, 0.3) is 0 Å². The minimum atomic E-state index is 0.314. The Morgan fingerprint density at radius 1 is 1.17 bits per heavy atom. The summed E-state index contributed by atoms with van der Waals surface area (Å²) in [6, 6.07) is 8.67. The van der Waals surface area contributed by atoms with Crippen molar-refractivity contribution in [2.45, 2.75) is 37.6 Å². The minimum Gasteiger partial charge on any atom is -0.327 e. The van der Waals surface area contributed by atoms with Crippen molar-refractivity contribution in [2.75, 3.05) is 0 Å². The Hall–Kier alpha value is -0.620. The predicted octanol–water partition coefficient (Wildman–Crippen LogP) is 3.07. The molecule has 1 aromatic carbocycles. The lowest BCUT2D eigenvalue weighted by molar-refractivity contribution is 0.385. The molecule has 0 aliphatic heterocycles. The molecule has 3 rings (SSSR count). The number of fused-ring (bicyclic) bond motifs is 1. The smallest absolute Gasteiger partial charge is 0.0984 e. The standard InChI is InChI=1S/C13H16N2S.H3NS/c14-10-6-2-1-5-9(10)13-15-11-7-3-4-8-12(11)16-13;1-2/h3-4,7-10H,1-2,5-6,14H2;2H,1H2. The summed E-state index contributed by atoms with van der Waals surface area (Å²) >= 11 is 4.84. The van der Waals surface area contributed by atoms with Gasteiger partial charge in [-0.1, -0.05) is 25.0 Å². The number of nitrogens with zero attached hydrogens (tertiary/aromatic N) is 1. The van der Waals surface area contributed by atoms with Gasteiger partial charge in [0, 0.05) is 12.0 Å². The van der Waals surface area contributed by atoms with Crippen molar-refractivity contribution >= 4 is 34.4 Å². The molecule has 0 spiro atoms. The van der Waals surface area contributed by atoms with Crippen LogP contribution in [0.15, 0.2) is 24.3 Å². The van der Waals surface area contributed by atoms with Crippen LogP contribution in [0.25, 0.3) is 10.2 Å². The molecule has 1 aromatic heterocycles. The summed E-state index contributed by atoms with van der Waals surface area (Å²) in [4.78, 5) is 4.73. The van der Waals surface area contributed by atoms with Gasteiger partial charge in [0.05, 0.1) is 15.2 Å². The van der Waals surface area contributed by atoms with Crippen LogP contribution in [-0.2, 0) is 0 Å². The van der Waals surface area contributed by atoms with E-state index < -0.39 is 0 Å². The Morgan fingerprint density at radius 3 is 2.61 bits per heavy atom. The fraction of sp³-hybridized carbons (Fsp3) is 0.462. The van der Waals surface area contributed by atoms with Crippen molar-refractivity contribution in [1.82, 2.24) is 4.98 Å². The van der Waals surface area contributed by atoms with E-state index in [2.05, 4.69) is 36.2 Å². The molecule has 2 aromatic rings. The number of thiazole rings is 1. The van der Waals surface area contributed by atoms with Crippen LogP contribution < -0.4 is 10.9 Å². The first-order chi connectivity index (χ1) is 8.84. The van der Waals surface area contributed by atoms with E-state index in [1.807, 2.05) is 17.4 Å². The molecule has 5 heteroatoms. The fourth-order valence-electron chi connectivity index (χ4n) is 2.51. The van der Waals surface area contributed by atoms with Crippen LogP contribution in [0.2, 0.25) is 0 Å². The van der Waals surface area contributed by atoms with E-state index in [4.69, 9.17) is 10.7 Å². The summed E-state index contributed by atoms with van der Waals surface area (Å²) in [6.07, 6.45) is 4.94. The van der Waals surface area contributed by atoms with Gasteiger partial charge in [-0.15, -0.1) is 24.2 Å². The number of benzene rings is 1. The molecular formula is C13H19N3S2. The van der Waals surface area contributed by atoms with E-state index in [1.165, 1.54) is 29.0 Å². The normalized spacial score (nSPS) is 23.5. The number of aromatic nitrogens is 1. The molecule has 1 saturated carbocycles. The average molecular weight is 281 g/mol. The first-order valence-corrected chi connectivity index (χ1v) is 7.55. The first-order valence-electron chi connectivity index (χ1n) is 6.21.